The summed E-state index contributed by atoms with van der Waals surface area (Å²) in [4.78, 5) is 14.5. The first kappa shape index (κ1) is 20.9. The number of nitrogens with zero attached hydrogens (tertiary/aromatic N) is 2. The largest absolute Gasteiger partial charge is 0.462 e. The molecule has 2 unspecified atom stereocenters. The van der Waals surface area contributed by atoms with E-state index in [1.165, 1.54) is 11.3 Å². The van der Waals surface area contributed by atoms with Gasteiger partial charge in [0.05, 0.1) is 29.1 Å². The minimum Gasteiger partial charge on any atom is -0.462 e. The lowest BCUT2D eigenvalue weighted by atomic mass is 9.79. The molecule has 2 aromatic carbocycles. The molecule has 0 saturated carbocycles. The summed E-state index contributed by atoms with van der Waals surface area (Å²) in [6, 6.07) is 15.0. The highest BCUT2D eigenvalue weighted by atomic mass is 32.2. The van der Waals surface area contributed by atoms with Crippen molar-refractivity contribution in [2.24, 2.45) is 5.41 Å². The summed E-state index contributed by atoms with van der Waals surface area (Å²) in [5.74, 6) is -0.212. The Labute approximate surface area is 184 Å². The molecular formula is C25H30N2O2S. The Hall–Kier alpha value is -2.40. The third-order valence-corrected chi connectivity index (χ3v) is 7.93. The van der Waals surface area contributed by atoms with Gasteiger partial charge >= 0.3 is 5.97 Å². The zero-order chi connectivity index (χ0) is 21.5. The van der Waals surface area contributed by atoms with E-state index < -0.39 is 0 Å². The third-order valence-electron chi connectivity index (χ3n) is 6.26. The van der Waals surface area contributed by atoms with Crippen molar-refractivity contribution < 1.29 is 9.53 Å². The molecule has 0 aliphatic carbocycles. The molecule has 0 aromatic heterocycles. The lowest BCUT2D eigenvalue weighted by molar-refractivity contribution is 0.0525. The Morgan fingerprint density at radius 2 is 1.97 bits per heavy atom. The Balaban J connectivity index is 1.56. The predicted molar refractivity (Wildman–Crippen MR) is 127 cm³/mol. The summed E-state index contributed by atoms with van der Waals surface area (Å²) >= 11 is 1.88. The third kappa shape index (κ3) is 3.60. The summed E-state index contributed by atoms with van der Waals surface area (Å²) < 4.78 is 7.70. The van der Waals surface area contributed by atoms with Crippen LogP contribution in [0.2, 0.25) is 0 Å². The van der Waals surface area contributed by atoms with Crippen molar-refractivity contribution in [2.75, 3.05) is 29.9 Å². The van der Waals surface area contributed by atoms with Gasteiger partial charge in [-0.05, 0) is 60.7 Å². The van der Waals surface area contributed by atoms with Crippen LogP contribution in [0.5, 0.6) is 0 Å². The SMILES string of the molecule is CCOC(=O)c1cccc2c1CC1N2SC(C=Cc2ccc(N(C)C)cc2)C1(C)C. The van der Waals surface area contributed by atoms with Gasteiger partial charge < -0.3 is 13.9 Å². The molecule has 2 aliphatic heterocycles. The second-order valence-corrected chi connectivity index (χ2v) is 9.87. The van der Waals surface area contributed by atoms with Crippen molar-refractivity contribution in [3.63, 3.8) is 0 Å². The van der Waals surface area contributed by atoms with Gasteiger partial charge in [-0.25, -0.2) is 4.79 Å². The van der Waals surface area contributed by atoms with E-state index in [2.05, 4.69) is 79.6 Å². The zero-order valence-electron chi connectivity index (χ0n) is 18.4. The fourth-order valence-corrected chi connectivity index (χ4v) is 5.95. The van der Waals surface area contributed by atoms with Crippen molar-refractivity contribution >= 4 is 35.4 Å². The van der Waals surface area contributed by atoms with Crippen LogP contribution < -0.4 is 9.21 Å². The molecule has 0 amide bonds. The van der Waals surface area contributed by atoms with Gasteiger partial charge in [-0.3, -0.25) is 0 Å². The Kier molecular flexibility index (Phi) is 5.58. The van der Waals surface area contributed by atoms with Crippen molar-refractivity contribution in [1.29, 1.82) is 0 Å². The highest BCUT2D eigenvalue weighted by Gasteiger charge is 2.52. The molecule has 158 valence electrons. The summed E-state index contributed by atoms with van der Waals surface area (Å²) in [7, 11) is 4.11. The maximum Gasteiger partial charge on any atom is 0.338 e. The molecule has 1 saturated heterocycles. The molecule has 0 bridgehead atoms. The number of hydrogen-bond donors (Lipinski definition) is 0. The first-order valence-corrected chi connectivity index (χ1v) is 11.4. The molecule has 1 fully saturated rings. The quantitative estimate of drug-likeness (QED) is 0.474. The normalized spacial score (nSPS) is 21.6. The standard InChI is InChI=1S/C25H30N2O2S/c1-6-29-24(28)19-8-7-9-21-20(19)16-22-25(2,3)23(30-27(21)22)15-12-17-10-13-18(14-11-17)26(4)5/h7-15,22-23H,6,16H2,1-5H3. The molecule has 2 aliphatic rings. The van der Waals surface area contributed by atoms with Crippen LogP contribution >= 0.6 is 11.9 Å². The number of ether oxygens (including phenoxy) is 1. The second-order valence-electron chi connectivity index (χ2n) is 8.76. The molecule has 30 heavy (non-hydrogen) atoms. The van der Waals surface area contributed by atoms with Crippen molar-refractivity contribution in [1.82, 2.24) is 0 Å². The lowest BCUT2D eigenvalue weighted by Gasteiger charge is -2.28. The van der Waals surface area contributed by atoms with Gasteiger partial charge in [0.25, 0.3) is 0 Å². The van der Waals surface area contributed by atoms with Gasteiger partial charge in [-0.15, -0.1) is 0 Å². The van der Waals surface area contributed by atoms with E-state index in [1.807, 2.05) is 31.0 Å². The number of benzene rings is 2. The van der Waals surface area contributed by atoms with E-state index in [1.54, 1.807) is 0 Å². The van der Waals surface area contributed by atoms with Gasteiger partial charge in [0.15, 0.2) is 0 Å². The van der Waals surface area contributed by atoms with Crippen molar-refractivity contribution in [3.8, 4) is 0 Å². The van der Waals surface area contributed by atoms with Gasteiger partial charge in [0.1, 0.15) is 0 Å². The lowest BCUT2D eigenvalue weighted by Crippen LogP contribution is -2.36. The van der Waals surface area contributed by atoms with Crippen molar-refractivity contribution in [2.45, 2.75) is 38.5 Å². The monoisotopic (exact) mass is 422 g/mol. The highest BCUT2D eigenvalue weighted by molar-refractivity contribution is 8.01. The van der Waals surface area contributed by atoms with Gasteiger partial charge in [0.2, 0.25) is 0 Å². The van der Waals surface area contributed by atoms with Crippen LogP contribution in [-0.4, -0.2) is 38.0 Å². The maximum absolute atomic E-state index is 12.4. The number of esters is 1. The minimum atomic E-state index is -0.212. The van der Waals surface area contributed by atoms with E-state index in [0.29, 0.717) is 23.5 Å². The fraction of sp³-hybridized carbons (Fsp3) is 0.400. The van der Waals surface area contributed by atoms with Crippen LogP contribution in [0.15, 0.2) is 48.5 Å². The summed E-state index contributed by atoms with van der Waals surface area (Å²) in [5, 5.41) is 0.371. The van der Waals surface area contributed by atoms with Gasteiger partial charge in [-0.1, -0.05) is 44.2 Å². The average molecular weight is 423 g/mol. The van der Waals surface area contributed by atoms with Crippen LogP contribution in [0.25, 0.3) is 6.08 Å². The number of fused-ring (bicyclic) bond motifs is 3. The van der Waals surface area contributed by atoms with Gasteiger partial charge in [0, 0.05) is 25.2 Å². The molecule has 0 spiro atoms. The minimum absolute atomic E-state index is 0.0791. The van der Waals surface area contributed by atoms with Crippen LogP contribution in [0.4, 0.5) is 11.4 Å². The molecule has 0 radical (unpaired) electrons. The number of anilines is 2. The maximum atomic E-state index is 12.4. The predicted octanol–water partition coefficient (Wildman–Crippen LogP) is 5.43. The van der Waals surface area contributed by atoms with E-state index in [9.17, 15) is 4.79 Å². The van der Waals surface area contributed by atoms with Crippen LogP contribution in [0, 0.1) is 5.41 Å². The van der Waals surface area contributed by atoms with E-state index >= 15 is 0 Å². The number of hydrogen-bond acceptors (Lipinski definition) is 5. The smallest absolute Gasteiger partial charge is 0.338 e. The van der Waals surface area contributed by atoms with Crippen LogP contribution in [0.1, 0.15) is 42.3 Å². The highest BCUT2D eigenvalue weighted by Crippen LogP contribution is 2.56. The number of carbonyl (C=O) groups excluding carboxylic acids is 1. The first-order valence-electron chi connectivity index (χ1n) is 10.5. The Morgan fingerprint density at radius 3 is 2.63 bits per heavy atom. The fourth-order valence-electron chi connectivity index (χ4n) is 4.35. The molecule has 0 N–H and O–H groups in total. The first-order chi connectivity index (χ1) is 14.3. The molecular weight excluding hydrogens is 392 g/mol. The van der Waals surface area contributed by atoms with E-state index in [-0.39, 0.29) is 11.4 Å². The Bertz CT molecular complexity index is 966. The molecule has 2 heterocycles. The van der Waals surface area contributed by atoms with Crippen LogP contribution in [-0.2, 0) is 11.2 Å². The molecule has 2 aromatic rings. The van der Waals surface area contributed by atoms with E-state index in [0.717, 1.165) is 17.7 Å². The number of carbonyl (C=O) groups is 1. The summed E-state index contributed by atoms with van der Waals surface area (Å²) in [6.45, 7) is 6.93. The van der Waals surface area contributed by atoms with Gasteiger partial charge in [-0.2, -0.15) is 0 Å². The molecule has 4 rings (SSSR count). The molecule has 5 heteroatoms. The summed E-state index contributed by atoms with van der Waals surface area (Å²) in [6.07, 6.45) is 5.45. The van der Waals surface area contributed by atoms with Crippen molar-refractivity contribution in [3.05, 3.63) is 65.2 Å². The van der Waals surface area contributed by atoms with Crippen LogP contribution in [0.3, 0.4) is 0 Å². The zero-order valence-corrected chi connectivity index (χ0v) is 19.2. The number of rotatable bonds is 5. The Morgan fingerprint density at radius 1 is 1.23 bits per heavy atom. The molecule has 2 atom stereocenters. The average Bonchev–Trinajstić information content (AvgIpc) is 3.21. The summed E-state index contributed by atoms with van der Waals surface area (Å²) in [5.41, 5.74) is 5.51. The second kappa shape index (κ2) is 8.03. The topological polar surface area (TPSA) is 32.8 Å². The molecule has 4 nitrogen and oxygen atoms in total. The van der Waals surface area contributed by atoms with E-state index in [4.69, 9.17) is 4.74 Å².